The van der Waals surface area contributed by atoms with Crippen molar-refractivity contribution in [3.63, 3.8) is 0 Å². The highest BCUT2D eigenvalue weighted by atomic mass is 79.9. The van der Waals surface area contributed by atoms with Gasteiger partial charge in [0.15, 0.2) is 0 Å². The molecular formula is C19H22BrN3O5S. The molecule has 0 saturated carbocycles. The van der Waals surface area contributed by atoms with Crippen LogP contribution in [-0.2, 0) is 14.8 Å². The Hall–Kier alpha value is -1.98. The molecule has 0 spiro atoms. The van der Waals surface area contributed by atoms with Gasteiger partial charge in [-0.2, -0.15) is 4.31 Å². The number of hydrogen-bond donors (Lipinski definition) is 3. The van der Waals surface area contributed by atoms with Crippen LogP contribution in [-0.4, -0.2) is 48.5 Å². The molecule has 1 amide bonds. The van der Waals surface area contributed by atoms with Crippen LogP contribution < -0.4 is 15.5 Å². The van der Waals surface area contributed by atoms with Crippen molar-refractivity contribution in [1.29, 1.82) is 0 Å². The number of carbonyl (C=O) groups excluding carboxylic acids is 1. The van der Waals surface area contributed by atoms with E-state index in [2.05, 4.69) is 21.2 Å². The number of hydrogen-bond acceptors (Lipinski definition) is 6. The van der Waals surface area contributed by atoms with Crippen molar-refractivity contribution in [2.45, 2.75) is 30.3 Å². The summed E-state index contributed by atoms with van der Waals surface area (Å²) < 4.78 is 34.2. The second-order valence-corrected chi connectivity index (χ2v) is 9.98. The summed E-state index contributed by atoms with van der Waals surface area (Å²) in [5, 5.41) is 12.2. The molecule has 1 atom stereocenters. The minimum atomic E-state index is -3.97. The Morgan fingerprint density at radius 3 is 2.28 bits per heavy atom. The highest BCUT2D eigenvalue weighted by Gasteiger charge is 2.47. The molecule has 2 aromatic rings. The maximum atomic E-state index is 13.2. The number of benzene rings is 2. The molecule has 1 heterocycles. The molecule has 0 unspecified atom stereocenters. The third kappa shape index (κ3) is 4.62. The molecule has 3 rings (SSSR count). The number of carbonyl (C=O) groups is 1. The van der Waals surface area contributed by atoms with E-state index in [9.17, 15) is 13.2 Å². The van der Waals surface area contributed by atoms with Gasteiger partial charge in [0.1, 0.15) is 17.5 Å². The van der Waals surface area contributed by atoms with Crippen LogP contribution in [0.2, 0.25) is 0 Å². The van der Waals surface area contributed by atoms with Crippen LogP contribution in [0, 0.1) is 0 Å². The summed E-state index contributed by atoms with van der Waals surface area (Å²) in [5.41, 5.74) is 0.717. The Morgan fingerprint density at radius 1 is 1.17 bits per heavy atom. The molecule has 1 saturated heterocycles. The fourth-order valence-corrected chi connectivity index (χ4v) is 5.29. The Bertz CT molecular complexity index is 978. The standard InChI is InChI=1S/C19H22BrN3O5S/c1-19(2)17(18(24)22-25)23(12-11-21-19)29(26,27)16-9-7-15(8-10-16)28-14-5-3-13(20)4-6-14/h3-10,17,21,25H,11-12H2,1-2H3,(H,22,24)/t17-/m0/s1. The predicted octanol–water partition coefficient (Wildman–Crippen LogP) is 2.49. The Balaban J connectivity index is 1.86. The van der Waals surface area contributed by atoms with Crippen LogP contribution in [0.3, 0.4) is 0 Å². The van der Waals surface area contributed by atoms with Gasteiger partial charge in [-0.15, -0.1) is 0 Å². The zero-order chi connectivity index (χ0) is 21.2. The number of halogens is 1. The number of hydroxylamine groups is 1. The molecule has 1 aliphatic rings. The minimum Gasteiger partial charge on any atom is -0.457 e. The second-order valence-electron chi connectivity index (χ2n) is 7.17. The Kier molecular flexibility index (Phi) is 6.30. The minimum absolute atomic E-state index is 0.0362. The van der Waals surface area contributed by atoms with E-state index in [1.807, 2.05) is 12.1 Å². The first-order valence-corrected chi connectivity index (χ1v) is 11.1. The number of rotatable bonds is 5. The van der Waals surface area contributed by atoms with E-state index in [-0.39, 0.29) is 11.4 Å². The molecule has 29 heavy (non-hydrogen) atoms. The topological polar surface area (TPSA) is 108 Å². The summed E-state index contributed by atoms with van der Waals surface area (Å²) in [6, 6.07) is 12.1. The summed E-state index contributed by atoms with van der Waals surface area (Å²) in [6.45, 7) is 3.90. The maximum absolute atomic E-state index is 13.2. The average molecular weight is 484 g/mol. The predicted molar refractivity (Wildman–Crippen MR) is 110 cm³/mol. The normalized spacial score (nSPS) is 19.5. The molecular weight excluding hydrogens is 462 g/mol. The van der Waals surface area contributed by atoms with Gasteiger partial charge >= 0.3 is 0 Å². The van der Waals surface area contributed by atoms with Crippen LogP contribution >= 0.6 is 15.9 Å². The average Bonchev–Trinajstić information content (AvgIpc) is 2.68. The molecule has 3 N–H and O–H groups in total. The molecule has 1 aliphatic heterocycles. The largest absolute Gasteiger partial charge is 0.457 e. The smallest absolute Gasteiger partial charge is 0.263 e. The lowest BCUT2D eigenvalue weighted by molar-refractivity contribution is -0.136. The van der Waals surface area contributed by atoms with Crippen LogP contribution in [0.4, 0.5) is 0 Å². The van der Waals surface area contributed by atoms with Gasteiger partial charge in [-0.3, -0.25) is 10.0 Å². The van der Waals surface area contributed by atoms with E-state index >= 15 is 0 Å². The molecule has 156 valence electrons. The van der Waals surface area contributed by atoms with Gasteiger partial charge in [-0.1, -0.05) is 15.9 Å². The number of nitrogens with zero attached hydrogens (tertiary/aromatic N) is 1. The lowest BCUT2D eigenvalue weighted by Gasteiger charge is -2.44. The lowest BCUT2D eigenvalue weighted by atomic mass is 9.92. The fraction of sp³-hybridized carbons (Fsp3) is 0.316. The van der Waals surface area contributed by atoms with Gasteiger partial charge in [0, 0.05) is 23.1 Å². The van der Waals surface area contributed by atoms with Crippen LogP contribution in [0.25, 0.3) is 0 Å². The maximum Gasteiger partial charge on any atom is 0.263 e. The molecule has 10 heteroatoms. The first kappa shape index (κ1) is 21.7. The quantitative estimate of drug-likeness (QED) is 0.445. The number of amides is 1. The molecule has 0 aliphatic carbocycles. The fourth-order valence-electron chi connectivity index (χ4n) is 3.31. The second kappa shape index (κ2) is 8.41. The van der Waals surface area contributed by atoms with Gasteiger partial charge in [0.2, 0.25) is 10.0 Å². The molecule has 0 bridgehead atoms. The Morgan fingerprint density at radius 2 is 1.72 bits per heavy atom. The summed E-state index contributed by atoms with van der Waals surface area (Å²) in [6.07, 6.45) is 0. The van der Waals surface area contributed by atoms with E-state index in [0.717, 1.165) is 8.78 Å². The summed E-state index contributed by atoms with van der Waals surface area (Å²) >= 11 is 3.35. The SMILES string of the molecule is CC1(C)NCCN(S(=O)(=O)c2ccc(Oc3ccc(Br)cc3)cc2)[C@H]1C(=O)NO. The lowest BCUT2D eigenvalue weighted by Crippen LogP contribution is -2.69. The number of sulfonamides is 1. The van der Waals surface area contributed by atoms with Crippen molar-refractivity contribution in [2.75, 3.05) is 13.1 Å². The van der Waals surface area contributed by atoms with Crippen molar-refractivity contribution >= 4 is 31.9 Å². The van der Waals surface area contributed by atoms with Crippen LogP contribution in [0.5, 0.6) is 11.5 Å². The summed E-state index contributed by atoms with van der Waals surface area (Å²) in [4.78, 5) is 12.3. The Labute approximate surface area is 178 Å². The van der Waals surface area contributed by atoms with Crippen molar-refractivity contribution < 1.29 is 23.2 Å². The highest BCUT2D eigenvalue weighted by Crippen LogP contribution is 2.29. The van der Waals surface area contributed by atoms with Crippen LogP contribution in [0.15, 0.2) is 57.9 Å². The molecule has 8 nitrogen and oxygen atoms in total. The van der Waals surface area contributed by atoms with Gasteiger partial charge in [0.05, 0.1) is 4.90 Å². The van der Waals surface area contributed by atoms with Gasteiger partial charge in [-0.05, 0) is 62.4 Å². The first-order chi connectivity index (χ1) is 13.6. The number of nitrogens with one attached hydrogen (secondary N) is 2. The summed E-state index contributed by atoms with van der Waals surface area (Å²) in [5.74, 6) is 0.310. The summed E-state index contributed by atoms with van der Waals surface area (Å²) in [7, 11) is -3.97. The van der Waals surface area contributed by atoms with Crippen molar-refractivity contribution in [2.24, 2.45) is 0 Å². The van der Waals surface area contributed by atoms with Gasteiger partial charge < -0.3 is 10.1 Å². The van der Waals surface area contributed by atoms with E-state index in [1.54, 1.807) is 43.6 Å². The third-order valence-corrected chi connectivity index (χ3v) is 7.13. The van der Waals surface area contributed by atoms with Crippen molar-refractivity contribution in [3.8, 4) is 11.5 Å². The van der Waals surface area contributed by atoms with Gasteiger partial charge in [-0.25, -0.2) is 13.9 Å². The zero-order valence-electron chi connectivity index (χ0n) is 15.9. The van der Waals surface area contributed by atoms with E-state index < -0.39 is 27.5 Å². The third-order valence-electron chi connectivity index (χ3n) is 4.72. The van der Waals surface area contributed by atoms with E-state index in [1.165, 1.54) is 12.1 Å². The van der Waals surface area contributed by atoms with Gasteiger partial charge in [0.25, 0.3) is 5.91 Å². The number of ether oxygens (including phenoxy) is 1. The molecule has 1 fully saturated rings. The molecule has 0 aromatic heterocycles. The van der Waals surface area contributed by atoms with E-state index in [4.69, 9.17) is 9.94 Å². The monoisotopic (exact) mass is 483 g/mol. The van der Waals surface area contributed by atoms with Crippen molar-refractivity contribution in [3.05, 3.63) is 53.0 Å². The first-order valence-electron chi connectivity index (χ1n) is 8.89. The molecule has 0 radical (unpaired) electrons. The zero-order valence-corrected chi connectivity index (χ0v) is 18.3. The molecule has 2 aromatic carbocycles. The van der Waals surface area contributed by atoms with E-state index in [0.29, 0.717) is 18.0 Å². The van der Waals surface area contributed by atoms with Crippen LogP contribution in [0.1, 0.15) is 13.8 Å². The van der Waals surface area contributed by atoms with Crippen molar-refractivity contribution in [1.82, 2.24) is 15.1 Å². The number of piperazine rings is 1. The highest BCUT2D eigenvalue weighted by molar-refractivity contribution is 9.10.